The van der Waals surface area contributed by atoms with Crippen molar-refractivity contribution < 1.29 is 24.7 Å². The van der Waals surface area contributed by atoms with Crippen molar-refractivity contribution >= 4 is 5.91 Å². The summed E-state index contributed by atoms with van der Waals surface area (Å²) in [6.45, 7) is 6.59. The second kappa shape index (κ2) is 7.47. The van der Waals surface area contributed by atoms with E-state index in [4.69, 9.17) is 9.47 Å². The number of carbonyl (C=O) groups excluding carboxylic acids is 1. The number of nitrogens with two attached hydrogens (primary N) is 1. The van der Waals surface area contributed by atoms with Gasteiger partial charge >= 0.3 is 0 Å². The standard InChI is InChI=1S/C16H24N2O4/c1-10(2)17-8-12(19)16(20)18-11(3)15-9-21-13-6-4-5-7-14(13)22-15/h4-7,10-12,15,17,19H,8-9H2,1-3H3,(H,18,20)/p+1/t11-,12+,15+/m1/s1. The van der Waals surface area contributed by atoms with E-state index in [0.717, 1.165) is 0 Å². The van der Waals surface area contributed by atoms with Crippen molar-refractivity contribution in [1.82, 2.24) is 5.32 Å². The van der Waals surface area contributed by atoms with Gasteiger partial charge < -0.3 is 25.2 Å². The molecule has 1 aromatic rings. The molecule has 6 heteroatoms. The molecule has 4 N–H and O–H groups in total. The van der Waals surface area contributed by atoms with Gasteiger partial charge in [0.25, 0.3) is 5.91 Å². The summed E-state index contributed by atoms with van der Waals surface area (Å²) in [4.78, 5) is 12.0. The van der Waals surface area contributed by atoms with Crippen LogP contribution in [0.15, 0.2) is 24.3 Å². The lowest BCUT2D eigenvalue weighted by molar-refractivity contribution is -0.686. The van der Waals surface area contributed by atoms with Crippen LogP contribution < -0.4 is 20.1 Å². The van der Waals surface area contributed by atoms with Crippen LogP contribution in [0.1, 0.15) is 20.8 Å². The first-order chi connectivity index (χ1) is 10.5. The molecule has 0 unspecified atom stereocenters. The Morgan fingerprint density at radius 3 is 2.73 bits per heavy atom. The molecular formula is C16H25N2O4+. The number of hydrogen-bond acceptors (Lipinski definition) is 4. The maximum absolute atomic E-state index is 12.0. The summed E-state index contributed by atoms with van der Waals surface area (Å²) in [6, 6.07) is 7.53. The number of benzene rings is 1. The first-order valence-corrected chi connectivity index (χ1v) is 7.67. The van der Waals surface area contributed by atoms with Crippen LogP contribution in [0.25, 0.3) is 0 Å². The summed E-state index contributed by atoms with van der Waals surface area (Å²) < 4.78 is 11.5. The highest BCUT2D eigenvalue weighted by Crippen LogP contribution is 2.31. The van der Waals surface area contributed by atoms with Gasteiger partial charge in [0.1, 0.15) is 13.2 Å². The summed E-state index contributed by atoms with van der Waals surface area (Å²) in [5, 5.41) is 14.6. The summed E-state index contributed by atoms with van der Waals surface area (Å²) in [6.07, 6.45) is -1.30. The van der Waals surface area contributed by atoms with E-state index in [1.54, 1.807) is 0 Å². The van der Waals surface area contributed by atoms with E-state index in [9.17, 15) is 9.90 Å². The number of aliphatic hydroxyl groups is 1. The van der Waals surface area contributed by atoms with Crippen molar-refractivity contribution in [2.45, 2.75) is 45.1 Å². The third-order valence-electron chi connectivity index (χ3n) is 3.59. The third kappa shape index (κ3) is 4.35. The Labute approximate surface area is 130 Å². The quantitative estimate of drug-likeness (QED) is 0.671. The summed E-state index contributed by atoms with van der Waals surface area (Å²) in [5.74, 6) is 1.00. The van der Waals surface area contributed by atoms with E-state index in [0.29, 0.717) is 30.7 Å². The minimum Gasteiger partial charge on any atom is -0.486 e. The van der Waals surface area contributed by atoms with Crippen molar-refractivity contribution in [3.05, 3.63) is 24.3 Å². The maximum Gasteiger partial charge on any atom is 0.255 e. The number of quaternary nitrogens is 1. The molecule has 1 heterocycles. The molecule has 0 saturated carbocycles. The monoisotopic (exact) mass is 309 g/mol. The van der Waals surface area contributed by atoms with Crippen molar-refractivity contribution in [2.24, 2.45) is 0 Å². The highest BCUT2D eigenvalue weighted by molar-refractivity contribution is 5.80. The Morgan fingerprint density at radius 2 is 2.05 bits per heavy atom. The fraction of sp³-hybridized carbons (Fsp3) is 0.562. The van der Waals surface area contributed by atoms with Crippen LogP contribution in [0.3, 0.4) is 0 Å². The molecule has 122 valence electrons. The highest BCUT2D eigenvalue weighted by Gasteiger charge is 2.29. The molecule has 3 atom stereocenters. The number of para-hydroxylation sites is 2. The van der Waals surface area contributed by atoms with E-state index in [2.05, 4.69) is 5.32 Å². The topological polar surface area (TPSA) is 84.4 Å². The molecule has 0 spiro atoms. The van der Waals surface area contributed by atoms with Crippen LogP contribution in [-0.4, -0.2) is 48.5 Å². The normalized spacial score (nSPS) is 19.6. The summed E-state index contributed by atoms with van der Waals surface area (Å²) in [5.41, 5.74) is 0. The Balaban J connectivity index is 1.85. The molecule has 0 aromatic heterocycles. The van der Waals surface area contributed by atoms with E-state index in [-0.39, 0.29) is 18.1 Å². The van der Waals surface area contributed by atoms with E-state index >= 15 is 0 Å². The lowest BCUT2D eigenvalue weighted by Crippen LogP contribution is -2.91. The fourth-order valence-corrected chi connectivity index (χ4v) is 2.20. The molecule has 22 heavy (non-hydrogen) atoms. The van der Waals surface area contributed by atoms with Gasteiger partial charge in [-0.1, -0.05) is 12.1 Å². The van der Waals surface area contributed by atoms with Crippen molar-refractivity contribution in [3.8, 4) is 11.5 Å². The Kier molecular flexibility index (Phi) is 5.63. The van der Waals surface area contributed by atoms with Crippen molar-refractivity contribution in [2.75, 3.05) is 13.2 Å². The van der Waals surface area contributed by atoms with Crippen LogP contribution in [-0.2, 0) is 4.79 Å². The number of nitrogens with one attached hydrogen (secondary N) is 1. The largest absolute Gasteiger partial charge is 0.486 e. The number of rotatable bonds is 6. The molecule has 0 aliphatic carbocycles. The third-order valence-corrected chi connectivity index (χ3v) is 3.59. The number of ether oxygens (including phenoxy) is 2. The fourth-order valence-electron chi connectivity index (χ4n) is 2.20. The van der Waals surface area contributed by atoms with Crippen LogP contribution in [0.4, 0.5) is 0 Å². The second-order valence-corrected chi connectivity index (χ2v) is 5.94. The lowest BCUT2D eigenvalue weighted by Gasteiger charge is -2.31. The van der Waals surface area contributed by atoms with Gasteiger partial charge in [0, 0.05) is 0 Å². The summed E-state index contributed by atoms with van der Waals surface area (Å²) >= 11 is 0. The van der Waals surface area contributed by atoms with E-state index < -0.39 is 6.10 Å². The molecule has 0 radical (unpaired) electrons. The predicted octanol–water partition coefficient (Wildman–Crippen LogP) is -0.336. The second-order valence-electron chi connectivity index (χ2n) is 5.94. The average molecular weight is 309 g/mol. The minimum absolute atomic E-state index is 0.255. The van der Waals surface area contributed by atoms with Gasteiger partial charge in [-0.3, -0.25) is 4.79 Å². The minimum atomic E-state index is -1.03. The predicted molar refractivity (Wildman–Crippen MR) is 81.9 cm³/mol. The molecule has 1 amide bonds. The number of carbonyl (C=O) groups is 1. The zero-order valence-corrected chi connectivity index (χ0v) is 13.3. The number of fused-ring (bicyclic) bond motifs is 1. The Hall–Kier alpha value is -1.79. The van der Waals surface area contributed by atoms with Gasteiger partial charge in [-0.25, -0.2) is 0 Å². The van der Waals surface area contributed by atoms with E-state index in [1.165, 1.54) is 0 Å². The van der Waals surface area contributed by atoms with Gasteiger partial charge in [0.05, 0.1) is 12.1 Å². The molecule has 1 aliphatic rings. The smallest absolute Gasteiger partial charge is 0.255 e. The van der Waals surface area contributed by atoms with Crippen LogP contribution in [0, 0.1) is 0 Å². The van der Waals surface area contributed by atoms with Gasteiger partial charge in [-0.2, -0.15) is 0 Å². The SMILES string of the molecule is CC(C)[NH2+]C[C@H](O)C(=O)N[C@H](C)[C@@H]1COc2ccccc2O1. The molecule has 0 bridgehead atoms. The number of hydrogen-bond donors (Lipinski definition) is 3. The van der Waals surface area contributed by atoms with Gasteiger partial charge in [-0.05, 0) is 32.9 Å². The molecule has 6 nitrogen and oxygen atoms in total. The van der Waals surface area contributed by atoms with Crippen molar-refractivity contribution in [3.63, 3.8) is 0 Å². The van der Waals surface area contributed by atoms with Gasteiger partial charge in [-0.15, -0.1) is 0 Å². The zero-order chi connectivity index (χ0) is 16.1. The van der Waals surface area contributed by atoms with Crippen molar-refractivity contribution in [1.29, 1.82) is 0 Å². The molecule has 0 saturated heterocycles. The molecule has 1 aromatic carbocycles. The number of aliphatic hydroxyl groups excluding tert-OH is 1. The van der Waals surface area contributed by atoms with Crippen LogP contribution in [0.5, 0.6) is 11.5 Å². The van der Waals surface area contributed by atoms with Gasteiger partial charge in [0.2, 0.25) is 0 Å². The van der Waals surface area contributed by atoms with Crippen LogP contribution in [0.2, 0.25) is 0 Å². The zero-order valence-electron chi connectivity index (χ0n) is 13.3. The number of amides is 1. The maximum atomic E-state index is 12.0. The van der Waals surface area contributed by atoms with Crippen LogP contribution >= 0.6 is 0 Å². The molecular weight excluding hydrogens is 284 g/mol. The summed E-state index contributed by atoms with van der Waals surface area (Å²) in [7, 11) is 0. The van der Waals surface area contributed by atoms with E-state index in [1.807, 2.05) is 50.4 Å². The molecule has 2 rings (SSSR count). The first-order valence-electron chi connectivity index (χ1n) is 7.67. The average Bonchev–Trinajstić information content (AvgIpc) is 2.51. The Morgan fingerprint density at radius 1 is 1.36 bits per heavy atom. The lowest BCUT2D eigenvalue weighted by atomic mass is 10.1. The Bertz CT molecular complexity index is 507. The molecule has 1 aliphatic heterocycles. The van der Waals surface area contributed by atoms with Gasteiger partial charge in [0.15, 0.2) is 23.7 Å². The highest BCUT2D eigenvalue weighted by atomic mass is 16.6. The molecule has 0 fully saturated rings. The first kappa shape index (κ1) is 16.6.